The molecule has 10 heteroatoms. The Morgan fingerprint density at radius 1 is 0.927 bits per heavy atom. The van der Waals surface area contributed by atoms with Crippen molar-refractivity contribution >= 4 is 50.7 Å². The fourth-order valence-electron chi connectivity index (χ4n) is 4.62. The predicted octanol–water partition coefficient (Wildman–Crippen LogP) is 5.93. The normalized spacial score (nSPS) is 12.5. The maximum absolute atomic E-state index is 14.3. The van der Waals surface area contributed by atoms with Crippen molar-refractivity contribution in [1.29, 1.82) is 0 Å². The van der Waals surface area contributed by atoms with E-state index >= 15 is 0 Å². The second-order valence-electron chi connectivity index (χ2n) is 11.2. The summed E-state index contributed by atoms with van der Waals surface area (Å²) in [5.41, 5.74) is 2.70. The van der Waals surface area contributed by atoms with Crippen molar-refractivity contribution in [3.63, 3.8) is 0 Å². The highest BCUT2D eigenvalue weighted by molar-refractivity contribution is 7.92. The summed E-state index contributed by atoms with van der Waals surface area (Å²) in [6.07, 6.45) is 1.28. The van der Waals surface area contributed by atoms with E-state index in [1.165, 1.54) is 4.90 Å². The molecule has 0 radical (unpaired) electrons. The van der Waals surface area contributed by atoms with Crippen LogP contribution in [-0.2, 0) is 32.6 Å². The van der Waals surface area contributed by atoms with Gasteiger partial charge in [-0.1, -0.05) is 77.8 Å². The molecule has 0 aliphatic rings. The molecule has 7 nitrogen and oxygen atoms in total. The summed E-state index contributed by atoms with van der Waals surface area (Å²) >= 11 is 12.6. The van der Waals surface area contributed by atoms with Gasteiger partial charge in [0.1, 0.15) is 12.6 Å². The Labute approximate surface area is 253 Å². The van der Waals surface area contributed by atoms with Crippen LogP contribution >= 0.6 is 23.2 Å². The first-order chi connectivity index (χ1) is 19.1. The number of sulfonamides is 1. The predicted molar refractivity (Wildman–Crippen MR) is 167 cm³/mol. The van der Waals surface area contributed by atoms with Gasteiger partial charge in [-0.2, -0.15) is 0 Å². The number of nitrogens with zero attached hydrogens (tertiary/aromatic N) is 2. The van der Waals surface area contributed by atoms with E-state index in [0.717, 1.165) is 16.1 Å². The number of anilines is 1. The van der Waals surface area contributed by atoms with Crippen LogP contribution in [0.1, 0.15) is 43.0 Å². The van der Waals surface area contributed by atoms with Crippen molar-refractivity contribution < 1.29 is 18.0 Å². The van der Waals surface area contributed by atoms with Crippen molar-refractivity contribution in [1.82, 2.24) is 10.2 Å². The molecule has 0 saturated heterocycles. The van der Waals surface area contributed by atoms with Crippen molar-refractivity contribution in [3.05, 3.63) is 99.0 Å². The van der Waals surface area contributed by atoms with Gasteiger partial charge in [0.2, 0.25) is 21.8 Å². The zero-order chi connectivity index (χ0) is 30.5. The fraction of sp³-hybridized carbons (Fsp3) is 0.355. The number of benzene rings is 3. The molecule has 220 valence electrons. The number of hydrogen-bond acceptors (Lipinski definition) is 4. The Morgan fingerprint density at radius 3 is 2.07 bits per heavy atom. The molecule has 1 atom stereocenters. The largest absolute Gasteiger partial charge is 0.350 e. The number of nitrogens with one attached hydrogen (secondary N) is 1. The Hall–Kier alpha value is -3.07. The van der Waals surface area contributed by atoms with Crippen molar-refractivity contribution in [3.8, 4) is 0 Å². The molecule has 0 saturated carbocycles. The summed E-state index contributed by atoms with van der Waals surface area (Å²) in [6.45, 7) is 8.64. The SMILES string of the molecule is Cc1cccc(C)c1N(CC(=O)N(Cc1ccc(Cl)cc1Cl)[C@H](Cc1ccccc1)C(=O)NC(C)(C)C)S(C)(=O)=O. The maximum atomic E-state index is 14.3. The highest BCUT2D eigenvalue weighted by atomic mass is 35.5. The summed E-state index contributed by atoms with van der Waals surface area (Å²) in [6, 6.07) is 18.8. The lowest BCUT2D eigenvalue weighted by atomic mass is 10.0. The lowest BCUT2D eigenvalue weighted by molar-refractivity contribution is -0.140. The molecular formula is C31H37Cl2N3O4S. The molecule has 3 aromatic rings. The number of para-hydroxylation sites is 1. The smallest absolute Gasteiger partial charge is 0.244 e. The van der Waals surface area contributed by atoms with E-state index in [9.17, 15) is 18.0 Å². The molecule has 2 amide bonds. The minimum atomic E-state index is -3.87. The standard InChI is InChI=1S/C31H37Cl2N3O4S/c1-21-11-10-12-22(2)29(21)36(41(6,39)40)20-28(37)35(19-24-15-16-25(32)18-26(24)33)27(30(38)34-31(3,4)5)17-23-13-8-7-9-14-23/h7-16,18,27H,17,19-20H2,1-6H3,(H,34,38)/t27-/m1/s1. The van der Waals surface area contributed by atoms with E-state index in [-0.39, 0.29) is 18.9 Å². The van der Waals surface area contributed by atoms with Crippen LogP contribution in [0.5, 0.6) is 0 Å². The van der Waals surface area contributed by atoms with Gasteiger partial charge < -0.3 is 10.2 Å². The molecule has 0 heterocycles. The van der Waals surface area contributed by atoms with Gasteiger partial charge in [-0.25, -0.2) is 8.42 Å². The molecule has 0 fully saturated rings. The van der Waals surface area contributed by atoms with E-state index in [2.05, 4.69) is 5.32 Å². The Balaban J connectivity index is 2.14. The summed E-state index contributed by atoms with van der Waals surface area (Å²) in [5.74, 6) is -0.910. The molecule has 3 rings (SSSR count). The van der Waals surface area contributed by atoms with Gasteiger partial charge in [0.25, 0.3) is 0 Å². The van der Waals surface area contributed by atoms with Crippen LogP contribution in [0.3, 0.4) is 0 Å². The summed E-state index contributed by atoms with van der Waals surface area (Å²) in [4.78, 5) is 29.5. The van der Waals surface area contributed by atoms with E-state index in [0.29, 0.717) is 32.4 Å². The molecule has 0 bridgehead atoms. The Kier molecular flexibility index (Phi) is 10.5. The highest BCUT2D eigenvalue weighted by Gasteiger charge is 2.35. The van der Waals surface area contributed by atoms with Gasteiger partial charge in [0, 0.05) is 28.5 Å². The molecular weight excluding hydrogens is 581 g/mol. The monoisotopic (exact) mass is 617 g/mol. The average Bonchev–Trinajstić information content (AvgIpc) is 2.85. The number of carbonyl (C=O) groups excluding carboxylic acids is 2. The topological polar surface area (TPSA) is 86.8 Å². The van der Waals surface area contributed by atoms with Gasteiger partial charge in [0.15, 0.2) is 0 Å². The average molecular weight is 619 g/mol. The fourth-order valence-corrected chi connectivity index (χ4v) is 6.05. The number of amides is 2. The van der Waals surface area contributed by atoms with E-state index in [1.54, 1.807) is 44.2 Å². The molecule has 3 aromatic carbocycles. The zero-order valence-electron chi connectivity index (χ0n) is 24.2. The molecule has 0 unspecified atom stereocenters. The first kappa shape index (κ1) is 32.4. The molecule has 0 aliphatic heterocycles. The summed E-state index contributed by atoms with van der Waals surface area (Å²) in [5, 5.41) is 3.76. The van der Waals surface area contributed by atoms with E-state index in [1.807, 2.05) is 57.2 Å². The van der Waals surface area contributed by atoms with Crippen LogP contribution in [-0.4, -0.2) is 49.5 Å². The number of carbonyl (C=O) groups is 2. The highest BCUT2D eigenvalue weighted by Crippen LogP contribution is 2.28. The lowest BCUT2D eigenvalue weighted by Crippen LogP contribution is -2.56. The second kappa shape index (κ2) is 13.3. The van der Waals surface area contributed by atoms with Gasteiger partial charge in [-0.3, -0.25) is 13.9 Å². The first-order valence-electron chi connectivity index (χ1n) is 13.2. The summed E-state index contributed by atoms with van der Waals surface area (Å²) < 4.78 is 27.2. The van der Waals surface area contributed by atoms with Gasteiger partial charge >= 0.3 is 0 Å². The van der Waals surface area contributed by atoms with E-state index < -0.39 is 34.1 Å². The van der Waals surface area contributed by atoms with Crippen LogP contribution < -0.4 is 9.62 Å². The van der Waals surface area contributed by atoms with Crippen molar-refractivity contribution in [2.45, 2.75) is 59.2 Å². The van der Waals surface area contributed by atoms with Gasteiger partial charge in [-0.05, 0) is 69.0 Å². The molecule has 0 aromatic heterocycles. The van der Waals surface area contributed by atoms with Crippen LogP contribution in [0.4, 0.5) is 5.69 Å². The van der Waals surface area contributed by atoms with Gasteiger partial charge in [-0.15, -0.1) is 0 Å². The van der Waals surface area contributed by atoms with Crippen molar-refractivity contribution in [2.24, 2.45) is 0 Å². The minimum absolute atomic E-state index is 0.0335. The minimum Gasteiger partial charge on any atom is -0.350 e. The second-order valence-corrected chi connectivity index (χ2v) is 14.0. The molecule has 0 aliphatic carbocycles. The number of halogens is 2. The quantitative estimate of drug-likeness (QED) is 0.305. The lowest BCUT2D eigenvalue weighted by Gasteiger charge is -2.35. The van der Waals surface area contributed by atoms with Gasteiger partial charge in [0.05, 0.1) is 11.9 Å². The third kappa shape index (κ3) is 8.96. The number of aryl methyl sites for hydroxylation is 2. The zero-order valence-corrected chi connectivity index (χ0v) is 26.6. The van der Waals surface area contributed by atoms with Crippen LogP contribution in [0, 0.1) is 13.8 Å². The van der Waals surface area contributed by atoms with Crippen LogP contribution in [0.2, 0.25) is 10.0 Å². The number of hydrogen-bond donors (Lipinski definition) is 1. The Bertz CT molecular complexity index is 1490. The molecule has 0 spiro atoms. The van der Waals surface area contributed by atoms with Crippen molar-refractivity contribution in [2.75, 3.05) is 17.1 Å². The summed E-state index contributed by atoms with van der Waals surface area (Å²) in [7, 11) is -3.87. The first-order valence-corrected chi connectivity index (χ1v) is 15.8. The maximum Gasteiger partial charge on any atom is 0.244 e. The van der Waals surface area contributed by atoms with E-state index in [4.69, 9.17) is 23.2 Å². The van der Waals surface area contributed by atoms with Crippen LogP contribution in [0.25, 0.3) is 0 Å². The Morgan fingerprint density at radius 2 is 1.54 bits per heavy atom. The third-order valence-corrected chi connectivity index (χ3v) is 8.19. The molecule has 41 heavy (non-hydrogen) atoms. The third-order valence-electron chi connectivity index (χ3n) is 6.49. The molecule has 1 N–H and O–H groups in total. The number of rotatable bonds is 10. The van der Waals surface area contributed by atoms with Crippen LogP contribution in [0.15, 0.2) is 66.7 Å².